The van der Waals surface area contributed by atoms with Crippen LogP contribution < -0.4 is 0 Å². The van der Waals surface area contributed by atoms with Gasteiger partial charge in [-0.15, -0.1) is 0 Å². The molecule has 1 atom stereocenters. The molecule has 0 unspecified atom stereocenters. The number of nitrogens with zero attached hydrogens (tertiary/aromatic N) is 2. The zero-order valence-corrected chi connectivity index (χ0v) is 15.1. The second-order valence-electron chi connectivity index (χ2n) is 7.84. The summed E-state index contributed by atoms with van der Waals surface area (Å²) in [6.07, 6.45) is 9.56. The van der Waals surface area contributed by atoms with Crippen molar-refractivity contribution >= 4 is 0 Å². The average Bonchev–Trinajstić information content (AvgIpc) is 2.65. The first-order valence-corrected chi connectivity index (χ1v) is 9.75. The van der Waals surface area contributed by atoms with Gasteiger partial charge in [0.2, 0.25) is 0 Å². The van der Waals surface area contributed by atoms with Gasteiger partial charge < -0.3 is 14.2 Å². The molecule has 3 aliphatic rings. The van der Waals surface area contributed by atoms with Crippen molar-refractivity contribution in [3.8, 4) is 0 Å². The molecule has 0 aromatic carbocycles. The Kier molecular flexibility index (Phi) is 5.66. The van der Waals surface area contributed by atoms with Crippen LogP contribution in [-0.2, 0) is 20.8 Å². The summed E-state index contributed by atoms with van der Waals surface area (Å²) >= 11 is 0. The predicted molar refractivity (Wildman–Crippen MR) is 95.3 cm³/mol. The molecule has 3 fully saturated rings. The van der Waals surface area contributed by atoms with Gasteiger partial charge in [-0.05, 0) is 49.7 Å². The van der Waals surface area contributed by atoms with Gasteiger partial charge in [0.05, 0.1) is 12.2 Å². The molecule has 138 valence electrons. The highest BCUT2D eigenvalue weighted by atomic mass is 16.5. The molecule has 1 spiro atoms. The number of ether oxygens (including phenoxy) is 3. The van der Waals surface area contributed by atoms with Gasteiger partial charge in [0.25, 0.3) is 0 Å². The first-order valence-electron chi connectivity index (χ1n) is 9.75. The summed E-state index contributed by atoms with van der Waals surface area (Å²) in [5, 5.41) is 0. The molecule has 1 aromatic heterocycles. The Morgan fingerprint density at radius 1 is 1.20 bits per heavy atom. The van der Waals surface area contributed by atoms with Gasteiger partial charge in [-0.25, -0.2) is 0 Å². The van der Waals surface area contributed by atoms with Crippen molar-refractivity contribution in [2.45, 2.75) is 50.4 Å². The van der Waals surface area contributed by atoms with Crippen LogP contribution in [-0.4, -0.2) is 61.0 Å². The lowest BCUT2D eigenvalue weighted by Gasteiger charge is -2.56. The van der Waals surface area contributed by atoms with E-state index in [1.54, 1.807) is 6.20 Å². The molecule has 4 rings (SSSR count). The van der Waals surface area contributed by atoms with Crippen LogP contribution in [0.15, 0.2) is 24.5 Å². The number of aromatic nitrogens is 1. The zero-order valence-electron chi connectivity index (χ0n) is 15.1. The summed E-state index contributed by atoms with van der Waals surface area (Å²) in [6.45, 7) is 6.49. The van der Waals surface area contributed by atoms with Gasteiger partial charge in [-0.3, -0.25) is 9.88 Å². The minimum atomic E-state index is 0.130. The molecular weight excluding hydrogens is 316 g/mol. The highest BCUT2D eigenvalue weighted by molar-refractivity contribution is 5.06. The number of pyridine rings is 1. The van der Waals surface area contributed by atoms with Crippen molar-refractivity contribution in [1.29, 1.82) is 0 Å². The molecule has 5 heteroatoms. The molecule has 3 saturated heterocycles. The highest BCUT2D eigenvalue weighted by Crippen LogP contribution is 2.40. The molecule has 5 nitrogen and oxygen atoms in total. The van der Waals surface area contributed by atoms with Crippen molar-refractivity contribution in [3.05, 3.63) is 30.1 Å². The maximum Gasteiger partial charge on any atom is 0.0937 e. The van der Waals surface area contributed by atoms with E-state index in [-0.39, 0.29) is 5.60 Å². The van der Waals surface area contributed by atoms with Gasteiger partial charge in [-0.2, -0.15) is 0 Å². The van der Waals surface area contributed by atoms with Crippen molar-refractivity contribution in [2.24, 2.45) is 5.92 Å². The van der Waals surface area contributed by atoms with E-state index in [0.29, 0.717) is 12.6 Å². The minimum Gasteiger partial charge on any atom is -0.381 e. The fourth-order valence-corrected chi connectivity index (χ4v) is 4.52. The highest BCUT2D eigenvalue weighted by Gasteiger charge is 2.49. The van der Waals surface area contributed by atoms with Crippen molar-refractivity contribution in [1.82, 2.24) is 9.88 Å². The first kappa shape index (κ1) is 17.4. The Labute approximate surface area is 150 Å². The van der Waals surface area contributed by atoms with Crippen LogP contribution in [0.25, 0.3) is 0 Å². The fourth-order valence-electron chi connectivity index (χ4n) is 4.52. The van der Waals surface area contributed by atoms with E-state index in [1.807, 2.05) is 12.3 Å². The Morgan fingerprint density at radius 2 is 2.08 bits per heavy atom. The van der Waals surface area contributed by atoms with Crippen molar-refractivity contribution < 1.29 is 14.2 Å². The second-order valence-corrected chi connectivity index (χ2v) is 7.84. The molecule has 0 radical (unpaired) electrons. The van der Waals surface area contributed by atoms with E-state index in [2.05, 4.69) is 16.0 Å². The van der Waals surface area contributed by atoms with Gasteiger partial charge in [0.15, 0.2) is 0 Å². The van der Waals surface area contributed by atoms with Gasteiger partial charge in [0, 0.05) is 58.0 Å². The van der Waals surface area contributed by atoms with E-state index >= 15 is 0 Å². The third-order valence-electron chi connectivity index (χ3n) is 5.95. The summed E-state index contributed by atoms with van der Waals surface area (Å²) in [5.74, 6) is 0.736. The SMILES string of the molecule is c1cncc(COCC[C@@H]2CCOC3(C2)CN(C2CCOCC2)C3)c1. The van der Waals surface area contributed by atoms with Crippen molar-refractivity contribution in [3.63, 3.8) is 0 Å². The molecule has 25 heavy (non-hydrogen) atoms. The van der Waals surface area contributed by atoms with Crippen LogP contribution in [0.1, 0.15) is 37.7 Å². The number of hydrogen-bond acceptors (Lipinski definition) is 5. The summed E-state index contributed by atoms with van der Waals surface area (Å²) < 4.78 is 17.5. The summed E-state index contributed by atoms with van der Waals surface area (Å²) in [6, 6.07) is 4.74. The lowest BCUT2D eigenvalue weighted by molar-refractivity contribution is -0.195. The third kappa shape index (κ3) is 4.40. The smallest absolute Gasteiger partial charge is 0.0937 e. The normalized spacial score (nSPS) is 27.3. The predicted octanol–water partition coefficient (Wildman–Crippen LogP) is 2.65. The van der Waals surface area contributed by atoms with Crippen LogP contribution in [0.5, 0.6) is 0 Å². The largest absolute Gasteiger partial charge is 0.381 e. The molecular formula is C20H30N2O3. The van der Waals surface area contributed by atoms with E-state index in [1.165, 1.54) is 25.7 Å². The molecule has 1 aromatic rings. The molecule has 0 bridgehead atoms. The summed E-state index contributed by atoms with van der Waals surface area (Å²) in [4.78, 5) is 6.74. The molecule has 0 saturated carbocycles. The van der Waals surface area contributed by atoms with Crippen molar-refractivity contribution in [2.75, 3.05) is 39.5 Å². The van der Waals surface area contributed by atoms with Gasteiger partial charge in [-0.1, -0.05) is 6.07 Å². The van der Waals surface area contributed by atoms with E-state index in [4.69, 9.17) is 14.2 Å². The first-order chi connectivity index (χ1) is 12.3. The molecule has 0 aliphatic carbocycles. The van der Waals surface area contributed by atoms with Crippen LogP contribution in [0.4, 0.5) is 0 Å². The Balaban J connectivity index is 1.17. The van der Waals surface area contributed by atoms with Crippen LogP contribution >= 0.6 is 0 Å². The average molecular weight is 346 g/mol. The summed E-state index contributed by atoms with van der Waals surface area (Å²) in [5.41, 5.74) is 1.28. The van der Waals surface area contributed by atoms with E-state index in [0.717, 1.165) is 57.4 Å². The Hall–Kier alpha value is -1.01. The van der Waals surface area contributed by atoms with E-state index < -0.39 is 0 Å². The number of rotatable bonds is 6. The van der Waals surface area contributed by atoms with E-state index in [9.17, 15) is 0 Å². The van der Waals surface area contributed by atoms with Crippen LogP contribution in [0.3, 0.4) is 0 Å². The number of hydrogen-bond donors (Lipinski definition) is 0. The maximum absolute atomic E-state index is 6.21. The lowest BCUT2D eigenvalue weighted by Crippen LogP contribution is -2.68. The molecule has 4 heterocycles. The van der Waals surface area contributed by atoms with Crippen LogP contribution in [0.2, 0.25) is 0 Å². The minimum absolute atomic E-state index is 0.130. The monoisotopic (exact) mass is 346 g/mol. The maximum atomic E-state index is 6.21. The molecule has 0 N–H and O–H groups in total. The van der Waals surface area contributed by atoms with Gasteiger partial charge >= 0.3 is 0 Å². The van der Waals surface area contributed by atoms with Crippen LogP contribution in [0, 0.1) is 5.92 Å². The Morgan fingerprint density at radius 3 is 2.88 bits per heavy atom. The second kappa shape index (κ2) is 8.12. The summed E-state index contributed by atoms with van der Waals surface area (Å²) in [7, 11) is 0. The Bertz CT molecular complexity index is 527. The molecule has 3 aliphatic heterocycles. The fraction of sp³-hybridized carbons (Fsp3) is 0.750. The number of likely N-dealkylation sites (tertiary alicyclic amines) is 1. The third-order valence-corrected chi connectivity index (χ3v) is 5.95. The standard InChI is InChI=1S/C20H30N2O3/c1-2-18(13-21-7-1)14-24-8-3-17-4-11-25-20(12-17)15-22(16-20)19-5-9-23-10-6-19/h1-2,7,13,17,19H,3-6,8-12,14-16H2/t17-/m1/s1. The quantitative estimate of drug-likeness (QED) is 0.741. The zero-order chi connectivity index (χ0) is 17.0. The molecule has 0 amide bonds. The lowest BCUT2D eigenvalue weighted by atomic mass is 9.78. The van der Waals surface area contributed by atoms with Gasteiger partial charge in [0.1, 0.15) is 0 Å². The topological polar surface area (TPSA) is 43.8 Å².